The van der Waals surface area contributed by atoms with E-state index in [4.69, 9.17) is 5.84 Å². The summed E-state index contributed by atoms with van der Waals surface area (Å²) >= 11 is 0. The van der Waals surface area contributed by atoms with Crippen molar-refractivity contribution in [2.75, 3.05) is 12.0 Å². The van der Waals surface area contributed by atoms with Crippen LogP contribution in [-0.4, -0.2) is 17.4 Å². The number of amides is 1. The molecular weight excluding hydrogens is 240 g/mol. The van der Waals surface area contributed by atoms with E-state index in [0.29, 0.717) is 11.3 Å². The van der Waals surface area contributed by atoms with Crippen molar-refractivity contribution < 1.29 is 4.79 Å². The van der Waals surface area contributed by atoms with Crippen LogP contribution in [-0.2, 0) is 0 Å². The molecule has 19 heavy (non-hydrogen) atoms. The van der Waals surface area contributed by atoms with Crippen LogP contribution >= 0.6 is 0 Å². The third-order valence-electron chi connectivity index (χ3n) is 3.96. The molecule has 5 heteroatoms. The van der Waals surface area contributed by atoms with Crippen LogP contribution in [0.5, 0.6) is 0 Å². The first-order valence-electron chi connectivity index (χ1n) is 6.83. The Balaban J connectivity index is 1.97. The van der Waals surface area contributed by atoms with Gasteiger partial charge < -0.3 is 10.7 Å². The van der Waals surface area contributed by atoms with Crippen LogP contribution in [0.2, 0.25) is 0 Å². The Morgan fingerprint density at radius 2 is 2.16 bits per heavy atom. The number of anilines is 1. The van der Waals surface area contributed by atoms with Gasteiger partial charge in [-0.3, -0.25) is 15.6 Å². The Hall–Kier alpha value is -1.62. The number of nitrogens with zero attached hydrogens (tertiary/aromatic N) is 1. The molecule has 4 N–H and O–H groups in total. The predicted octanol–water partition coefficient (Wildman–Crippen LogP) is 2.07. The van der Waals surface area contributed by atoms with Gasteiger partial charge >= 0.3 is 0 Å². The highest BCUT2D eigenvalue weighted by Gasteiger charge is 2.27. The number of nitrogen functional groups attached to an aromatic ring is 1. The first kappa shape index (κ1) is 13.8. The number of carbonyl (C=O) groups is 1. The van der Waals surface area contributed by atoms with Gasteiger partial charge in [0.1, 0.15) is 0 Å². The molecular formula is C14H22N4O. The summed E-state index contributed by atoms with van der Waals surface area (Å²) in [5, 5.41) is 3.02. The summed E-state index contributed by atoms with van der Waals surface area (Å²) in [6.07, 6.45) is 9.36. The summed E-state index contributed by atoms with van der Waals surface area (Å²) in [5.74, 6) is 5.29. The lowest BCUT2D eigenvalue weighted by Gasteiger charge is -2.33. The number of carbonyl (C=O) groups excluding carboxylic acids is 1. The van der Waals surface area contributed by atoms with E-state index in [1.807, 2.05) is 0 Å². The van der Waals surface area contributed by atoms with Gasteiger partial charge in [0.2, 0.25) is 0 Å². The monoisotopic (exact) mass is 262 g/mol. The number of nitrogens with two attached hydrogens (primary N) is 1. The minimum Gasteiger partial charge on any atom is -0.351 e. The number of rotatable bonds is 4. The third kappa shape index (κ3) is 3.44. The molecule has 0 aromatic carbocycles. The van der Waals surface area contributed by atoms with Gasteiger partial charge in [0.05, 0.1) is 17.4 Å². The molecule has 1 saturated carbocycles. The zero-order valence-corrected chi connectivity index (χ0v) is 11.4. The molecule has 0 saturated heterocycles. The van der Waals surface area contributed by atoms with Crippen LogP contribution in [0.25, 0.3) is 0 Å². The van der Waals surface area contributed by atoms with E-state index in [1.165, 1.54) is 32.1 Å². The SMILES string of the molecule is CC1(CNC(=O)c2ccncc2NN)CCCCC1. The number of hydrogen-bond donors (Lipinski definition) is 3. The molecule has 1 aromatic heterocycles. The van der Waals surface area contributed by atoms with Crippen LogP contribution in [0.3, 0.4) is 0 Å². The molecule has 5 nitrogen and oxygen atoms in total. The number of pyridine rings is 1. The zero-order chi connectivity index (χ0) is 13.7. The Kier molecular flexibility index (Phi) is 4.37. The van der Waals surface area contributed by atoms with Gasteiger partial charge in [-0.2, -0.15) is 0 Å². The molecule has 0 spiro atoms. The number of aromatic nitrogens is 1. The second-order valence-electron chi connectivity index (χ2n) is 5.62. The summed E-state index contributed by atoms with van der Waals surface area (Å²) in [6.45, 7) is 2.97. The van der Waals surface area contributed by atoms with Crippen molar-refractivity contribution in [2.45, 2.75) is 39.0 Å². The van der Waals surface area contributed by atoms with Crippen LogP contribution in [0, 0.1) is 5.41 Å². The van der Waals surface area contributed by atoms with Gasteiger partial charge in [0.15, 0.2) is 0 Å². The van der Waals surface area contributed by atoms with E-state index in [1.54, 1.807) is 18.5 Å². The summed E-state index contributed by atoms with van der Waals surface area (Å²) in [4.78, 5) is 16.1. The average molecular weight is 262 g/mol. The zero-order valence-electron chi connectivity index (χ0n) is 11.4. The van der Waals surface area contributed by atoms with Gasteiger partial charge in [0, 0.05) is 12.7 Å². The third-order valence-corrected chi connectivity index (χ3v) is 3.96. The lowest BCUT2D eigenvalue weighted by Crippen LogP contribution is -2.37. The fourth-order valence-electron chi connectivity index (χ4n) is 2.68. The second-order valence-corrected chi connectivity index (χ2v) is 5.62. The van der Waals surface area contributed by atoms with Crippen molar-refractivity contribution >= 4 is 11.6 Å². The first-order chi connectivity index (χ1) is 9.14. The van der Waals surface area contributed by atoms with E-state index < -0.39 is 0 Å². The minimum atomic E-state index is -0.0952. The van der Waals surface area contributed by atoms with Crippen LogP contribution in [0.1, 0.15) is 49.4 Å². The van der Waals surface area contributed by atoms with Crippen molar-refractivity contribution in [3.05, 3.63) is 24.0 Å². The molecule has 1 fully saturated rings. The fraction of sp³-hybridized carbons (Fsp3) is 0.571. The topological polar surface area (TPSA) is 80.0 Å². The van der Waals surface area contributed by atoms with Gasteiger partial charge in [-0.1, -0.05) is 26.2 Å². The smallest absolute Gasteiger partial charge is 0.253 e. The summed E-state index contributed by atoms with van der Waals surface area (Å²) in [5.41, 5.74) is 3.82. The van der Waals surface area contributed by atoms with Gasteiger partial charge in [-0.25, -0.2) is 0 Å². The van der Waals surface area contributed by atoms with Crippen LogP contribution in [0.15, 0.2) is 18.5 Å². The standard InChI is InChI=1S/C14H22N4O/c1-14(6-3-2-4-7-14)10-17-13(19)11-5-8-16-9-12(11)18-15/h5,8-9,18H,2-4,6-7,10,15H2,1H3,(H,17,19). The minimum absolute atomic E-state index is 0.0952. The molecule has 104 valence electrons. The number of hydrazine groups is 1. The molecule has 1 amide bonds. The Bertz CT molecular complexity index is 441. The van der Waals surface area contributed by atoms with Crippen LogP contribution in [0.4, 0.5) is 5.69 Å². The molecule has 1 heterocycles. The lowest BCUT2D eigenvalue weighted by molar-refractivity contribution is 0.0920. The maximum Gasteiger partial charge on any atom is 0.253 e. The highest BCUT2D eigenvalue weighted by molar-refractivity contribution is 5.99. The highest BCUT2D eigenvalue weighted by Crippen LogP contribution is 2.35. The normalized spacial score (nSPS) is 17.8. The second kappa shape index (κ2) is 6.02. The van der Waals surface area contributed by atoms with Crippen molar-refractivity contribution in [3.63, 3.8) is 0 Å². The predicted molar refractivity (Wildman–Crippen MR) is 75.6 cm³/mol. The molecule has 1 aliphatic rings. The van der Waals surface area contributed by atoms with Crippen molar-refractivity contribution in [2.24, 2.45) is 11.3 Å². The molecule has 1 aliphatic carbocycles. The largest absolute Gasteiger partial charge is 0.351 e. The van der Waals surface area contributed by atoms with E-state index in [0.717, 1.165) is 6.54 Å². The summed E-state index contributed by atoms with van der Waals surface area (Å²) in [6, 6.07) is 1.67. The fourth-order valence-corrected chi connectivity index (χ4v) is 2.68. The summed E-state index contributed by atoms with van der Waals surface area (Å²) < 4.78 is 0. The maximum absolute atomic E-state index is 12.2. The van der Waals surface area contributed by atoms with E-state index in [2.05, 4.69) is 22.7 Å². The first-order valence-corrected chi connectivity index (χ1v) is 6.83. The highest BCUT2D eigenvalue weighted by atomic mass is 16.1. The Labute approximate surface area is 114 Å². The van der Waals surface area contributed by atoms with Crippen molar-refractivity contribution in [1.29, 1.82) is 0 Å². The van der Waals surface area contributed by atoms with E-state index in [-0.39, 0.29) is 11.3 Å². The van der Waals surface area contributed by atoms with Gasteiger partial charge in [-0.15, -0.1) is 0 Å². The molecule has 0 atom stereocenters. The van der Waals surface area contributed by atoms with Crippen LogP contribution < -0.4 is 16.6 Å². The quantitative estimate of drug-likeness (QED) is 0.573. The van der Waals surface area contributed by atoms with E-state index in [9.17, 15) is 4.79 Å². The number of hydrogen-bond acceptors (Lipinski definition) is 4. The average Bonchev–Trinajstić information content (AvgIpc) is 2.45. The summed E-state index contributed by atoms with van der Waals surface area (Å²) in [7, 11) is 0. The van der Waals surface area contributed by atoms with E-state index >= 15 is 0 Å². The maximum atomic E-state index is 12.2. The molecule has 0 aliphatic heterocycles. The molecule has 0 radical (unpaired) electrons. The Morgan fingerprint density at radius 1 is 1.42 bits per heavy atom. The molecule has 0 unspecified atom stereocenters. The van der Waals surface area contributed by atoms with Crippen molar-refractivity contribution in [1.82, 2.24) is 10.3 Å². The van der Waals surface area contributed by atoms with Gasteiger partial charge in [-0.05, 0) is 24.3 Å². The van der Waals surface area contributed by atoms with Crippen molar-refractivity contribution in [3.8, 4) is 0 Å². The molecule has 0 bridgehead atoms. The lowest BCUT2D eigenvalue weighted by atomic mass is 9.76. The number of nitrogens with one attached hydrogen (secondary N) is 2. The molecule has 1 aromatic rings. The molecule has 2 rings (SSSR count). The van der Waals surface area contributed by atoms with Gasteiger partial charge in [0.25, 0.3) is 5.91 Å². The Morgan fingerprint density at radius 3 is 2.84 bits per heavy atom.